The summed E-state index contributed by atoms with van der Waals surface area (Å²) < 4.78 is 7.60. The highest BCUT2D eigenvalue weighted by Crippen LogP contribution is 2.45. The summed E-state index contributed by atoms with van der Waals surface area (Å²) in [4.78, 5) is 5.35. The lowest BCUT2D eigenvalue weighted by Gasteiger charge is -2.36. The van der Waals surface area contributed by atoms with Gasteiger partial charge in [-0.2, -0.15) is 0 Å². The van der Waals surface area contributed by atoms with Gasteiger partial charge in [0.2, 0.25) is 0 Å². The minimum Gasteiger partial charge on any atom is -0.354 e. The topological polar surface area (TPSA) is 41.4 Å². The van der Waals surface area contributed by atoms with Crippen molar-refractivity contribution in [2.24, 2.45) is 10.9 Å². The summed E-state index contributed by atoms with van der Waals surface area (Å²) in [6, 6.07) is 55.6. The SMILES string of the molecule is C1=CCC(C2NC(c3cccc4c3sc3cccc(-c5ccc6sc7cccc(-n8c9ccccc9c9ccccc98)c7c6c5)c34)=NC(c3ccccc3)N2)C=C1. The average Bonchev–Trinajstić information content (AvgIpc) is 3.96. The second kappa shape index (κ2) is 13.1. The number of hydrogen-bond acceptors (Lipinski definition) is 5. The second-order valence-electron chi connectivity index (χ2n) is 15.1. The maximum absolute atomic E-state index is 5.35. The smallest absolute Gasteiger partial charge is 0.133 e. The summed E-state index contributed by atoms with van der Waals surface area (Å²) in [7, 11) is 0. The molecule has 2 N–H and O–H groups in total. The fourth-order valence-corrected chi connectivity index (χ4v) is 11.6. The predicted molar refractivity (Wildman–Crippen MR) is 244 cm³/mol. The van der Waals surface area contributed by atoms with E-state index < -0.39 is 0 Å². The van der Waals surface area contributed by atoms with Crippen LogP contribution in [0.2, 0.25) is 0 Å². The third kappa shape index (κ3) is 5.25. The van der Waals surface area contributed by atoms with Crippen LogP contribution in [0, 0.1) is 5.92 Å². The van der Waals surface area contributed by atoms with Gasteiger partial charge in [0.25, 0.3) is 0 Å². The number of amidine groups is 1. The molecule has 0 amide bonds. The summed E-state index contributed by atoms with van der Waals surface area (Å²) in [5, 5.41) is 15.4. The van der Waals surface area contributed by atoms with E-state index in [0.717, 1.165) is 17.8 Å². The molecule has 0 fully saturated rings. The van der Waals surface area contributed by atoms with E-state index in [1.807, 2.05) is 22.7 Å². The zero-order chi connectivity index (χ0) is 37.5. The van der Waals surface area contributed by atoms with E-state index in [-0.39, 0.29) is 12.3 Å². The molecule has 4 nitrogen and oxygen atoms in total. The van der Waals surface area contributed by atoms with E-state index in [4.69, 9.17) is 4.99 Å². The van der Waals surface area contributed by atoms with E-state index in [1.165, 1.54) is 84.5 Å². The number of aliphatic imine (C=N–C) groups is 1. The lowest BCUT2D eigenvalue weighted by Crippen LogP contribution is -2.54. The van der Waals surface area contributed by atoms with Crippen molar-refractivity contribution in [2.45, 2.75) is 18.8 Å². The number of hydrogen-bond donors (Lipinski definition) is 2. The zero-order valence-electron chi connectivity index (χ0n) is 30.9. The van der Waals surface area contributed by atoms with Gasteiger partial charge in [0, 0.05) is 62.6 Å². The van der Waals surface area contributed by atoms with Crippen LogP contribution in [0.3, 0.4) is 0 Å². The van der Waals surface area contributed by atoms with Crippen LogP contribution in [0.4, 0.5) is 0 Å². The minimum absolute atomic E-state index is 0.0451. The molecule has 1 aliphatic heterocycles. The van der Waals surface area contributed by atoms with Crippen LogP contribution in [-0.2, 0) is 0 Å². The first kappa shape index (κ1) is 32.9. The molecule has 6 heteroatoms. The first-order chi connectivity index (χ1) is 28.3. The largest absolute Gasteiger partial charge is 0.354 e. The molecule has 2 aliphatic rings. The van der Waals surface area contributed by atoms with Crippen LogP contribution in [0.1, 0.15) is 23.7 Å². The van der Waals surface area contributed by atoms with Crippen LogP contribution in [0.25, 0.3) is 79.0 Å². The van der Waals surface area contributed by atoms with Crippen molar-refractivity contribution in [1.29, 1.82) is 0 Å². The Labute approximate surface area is 337 Å². The van der Waals surface area contributed by atoms with Crippen molar-refractivity contribution in [3.05, 3.63) is 187 Å². The molecular formula is C51H36N4S2. The van der Waals surface area contributed by atoms with Gasteiger partial charge in [-0.3, -0.25) is 5.32 Å². The number of thiophene rings is 2. The molecule has 0 bridgehead atoms. The first-order valence-electron chi connectivity index (χ1n) is 19.6. The lowest BCUT2D eigenvalue weighted by molar-refractivity contribution is 0.328. The molecule has 0 saturated carbocycles. The Balaban J connectivity index is 1.02. The summed E-state index contributed by atoms with van der Waals surface area (Å²) in [6.45, 7) is 0. The number of allylic oxidation sites excluding steroid dienone is 3. The van der Waals surface area contributed by atoms with Gasteiger partial charge >= 0.3 is 0 Å². The highest BCUT2D eigenvalue weighted by atomic mass is 32.1. The predicted octanol–water partition coefficient (Wildman–Crippen LogP) is 13.3. The molecule has 3 aromatic heterocycles. The fourth-order valence-electron chi connectivity index (χ4n) is 9.21. The van der Waals surface area contributed by atoms with Crippen molar-refractivity contribution in [1.82, 2.24) is 15.2 Å². The highest BCUT2D eigenvalue weighted by Gasteiger charge is 2.30. The maximum atomic E-state index is 5.35. The molecule has 0 radical (unpaired) electrons. The number of nitrogens with one attached hydrogen (secondary N) is 2. The van der Waals surface area contributed by atoms with E-state index >= 15 is 0 Å². The Kier molecular flexibility index (Phi) is 7.58. The standard InChI is InChI=1S/C51H36N4S2/c1-3-14-31(15-4-1)49-52-50(32-16-5-2-6-17-32)54-51(53-49)38-22-11-21-37-46-34(20-12-26-44(46)57-48(37)38)33-28-29-43-39(30-33)47-42(25-13-27-45(47)56-43)55-40-23-9-7-18-35(40)36-19-8-10-24-41(36)55/h1-16,18-30,32,49-50,52H,17H2,(H,53,54). The molecule has 3 atom stereocenters. The van der Waals surface area contributed by atoms with Crippen LogP contribution in [-0.4, -0.2) is 16.6 Å². The van der Waals surface area contributed by atoms with E-state index in [9.17, 15) is 0 Å². The number of rotatable bonds is 5. The van der Waals surface area contributed by atoms with Gasteiger partial charge in [-0.1, -0.05) is 127 Å². The van der Waals surface area contributed by atoms with Crippen molar-refractivity contribution < 1.29 is 0 Å². The number of nitrogens with zero attached hydrogens (tertiary/aromatic N) is 2. The number of aromatic nitrogens is 1. The third-order valence-electron chi connectivity index (χ3n) is 11.8. The molecule has 0 spiro atoms. The van der Waals surface area contributed by atoms with Gasteiger partial charge in [0.1, 0.15) is 12.0 Å². The monoisotopic (exact) mass is 768 g/mol. The number of benzene rings is 7. The molecule has 4 heterocycles. The Morgan fingerprint density at radius 1 is 0.579 bits per heavy atom. The van der Waals surface area contributed by atoms with Crippen molar-refractivity contribution >= 4 is 90.7 Å². The zero-order valence-corrected chi connectivity index (χ0v) is 32.5. The first-order valence-corrected chi connectivity index (χ1v) is 21.3. The molecule has 1 aliphatic carbocycles. The maximum Gasteiger partial charge on any atom is 0.133 e. The van der Waals surface area contributed by atoms with E-state index in [0.29, 0.717) is 5.92 Å². The number of para-hydroxylation sites is 2. The van der Waals surface area contributed by atoms with Gasteiger partial charge in [0.05, 0.1) is 22.9 Å². The molecule has 3 unspecified atom stereocenters. The summed E-state index contributed by atoms with van der Waals surface area (Å²) in [6.07, 6.45) is 9.75. The molecule has 0 saturated heterocycles. The fraction of sp³-hybridized carbons (Fsp3) is 0.0784. The molecular weight excluding hydrogens is 733 g/mol. The Bertz CT molecular complexity index is 3250. The lowest BCUT2D eigenvalue weighted by atomic mass is 9.95. The van der Waals surface area contributed by atoms with Crippen molar-refractivity contribution in [3.8, 4) is 16.8 Å². The van der Waals surface area contributed by atoms with Gasteiger partial charge in [0.15, 0.2) is 0 Å². The van der Waals surface area contributed by atoms with Crippen LogP contribution >= 0.6 is 22.7 Å². The van der Waals surface area contributed by atoms with Crippen molar-refractivity contribution in [2.75, 3.05) is 0 Å². The van der Waals surface area contributed by atoms with Crippen LogP contribution in [0.5, 0.6) is 0 Å². The van der Waals surface area contributed by atoms with Crippen LogP contribution in [0.15, 0.2) is 181 Å². The number of fused-ring (bicyclic) bond motifs is 9. The molecule has 12 rings (SSSR count). The normalized spacial score (nSPS) is 18.3. The highest BCUT2D eigenvalue weighted by molar-refractivity contribution is 7.26. The van der Waals surface area contributed by atoms with E-state index in [1.54, 1.807) is 0 Å². The Hall–Kier alpha value is -6.31. The van der Waals surface area contributed by atoms with E-state index in [2.05, 4.69) is 191 Å². The molecule has 272 valence electrons. The van der Waals surface area contributed by atoms with Crippen molar-refractivity contribution in [3.63, 3.8) is 0 Å². The Morgan fingerprint density at radius 2 is 1.30 bits per heavy atom. The average molecular weight is 769 g/mol. The third-order valence-corrected chi connectivity index (χ3v) is 14.2. The quantitative estimate of drug-likeness (QED) is 0.183. The second-order valence-corrected chi connectivity index (χ2v) is 17.2. The van der Waals surface area contributed by atoms with Gasteiger partial charge in [-0.25, -0.2) is 4.99 Å². The van der Waals surface area contributed by atoms with Gasteiger partial charge in [-0.05, 0) is 71.6 Å². The molecule has 57 heavy (non-hydrogen) atoms. The summed E-state index contributed by atoms with van der Waals surface area (Å²) in [5.41, 5.74) is 8.48. The Morgan fingerprint density at radius 3 is 2.11 bits per heavy atom. The summed E-state index contributed by atoms with van der Waals surface area (Å²) in [5.74, 6) is 1.26. The summed E-state index contributed by atoms with van der Waals surface area (Å²) >= 11 is 3.75. The van der Waals surface area contributed by atoms with Gasteiger partial charge in [-0.15, -0.1) is 22.7 Å². The van der Waals surface area contributed by atoms with Crippen LogP contribution < -0.4 is 10.6 Å². The molecule has 7 aromatic carbocycles. The van der Waals surface area contributed by atoms with Gasteiger partial charge < -0.3 is 9.88 Å². The molecule has 10 aromatic rings. The minimum atomic E-state index is -0.147.